The fourth-order valence-corrected chi connectivity index (χ4v) is 2.40. The molecule has 0 saturated carbocycles. The molecule has 20 heavy (non-hydrogen) atoms. The molecule has 0 bridgehead atoms. The van der Waals surface area contributed by atoms with E-state index in [0.29, 0.717) is 11.5 Å². The highest BCUT2D eigenvalue weighted by Crippen LogP contribution is 2.40. The van der Waals surface area contributed by atoms with E-state index < -0.39 is 0 Å². The molecule has 1 aliphatic heterocycles. The maximum absolute atomic E-state index is 5.50. The summed E-state index contributed by atoms with van der Waals surface area (Å²) >= 11 is 0. The summed E-state index contributed by atoms with van der Waals surface area (Å²) in [5.74, 6) is 2.13. The second kappa shape index (κ2) is 7.94. The number of benzene rings is 1. The van der Waals surface area contributed by atoms with Gasteiger partial charge in [-0.3, -0.25) is 4.90 Å². The summed E-state index contributed by atoms with van der Waals surface area (Å²) in [6, 6.07) is 3.97. The van der Waals surface area contributed by atoms with Crippen molar-refractivity contribution in [1.29, 1.82) is 0 Å². The minimum Gasteiger partial charge on any atom is -0.493 e. The molecule has 3 N–H and O–H groups in total. The van der Waals surface area contributed by atoms with Gasteiger partial charge in [-0.25, -0.2) is 0 Å². The molecule has 0 atom stereocenters. The summed E-state index contributed by atoms with van der Waals surface area (Å²) < 4.78 is 16.2. The van der Waals surface area contributed by atoms with E-state index in [0.717, 1.165) is 44.0 Å². The quantitative estimate of drug-likeness (QED) is 0.841. The molecule has 0 aliphatic carbocycles. The zero-order chi connectivity index (χ0) is 13.7. The fraction of sp³-hybridized carbons (Fsp3) is 0.571. The number of nitrogens with one attached hydrogen (secondary N) is 1. The molecule has 6 nitrogen and oxygen atoms in total. The molecule has 2 rings (SSSR count). The SMILES string of the molecule is COc1ccc(CN2CCNCC2)c(OC)c1OC.O. The minimum atomic E-state index is 0. The Morgan fingerprint density at radius 1 is 1.00 bits per heavy atom. The van der Waals surface area contributed by atoms with E-state index in [-0.39, 0.29) is 5.48 Å². The largest absolute Gasteiger partial charge is 0.493 e. The van der Waals surface area contributed by atoms with E-state index in [1.54, 1.807) is 21.3 Å². The van der Waals surface area contributed by atoms with Crippen molar-refractivity contribution in [3.63, 3.8) is 0 Å². The molecule has 1 aromatic carbocycles. The van der Waals surface area contributed by atoms with Crippen LogP contribution in [0.5, 0.6) is 17.2 Å². The lowest BCUT2D eigenvalue weighted by atomic mass is 10.1. The molecule has 1 heterocycles. The van der Waals surface area contributed by atoms with Gasteiger partial charge in [0, 0.05) is 38.3 Å². The lowest BCUT2D eigenvalue weighted by Crippen LogP contribution is -2.42. The summed E-state index contributed by atoms with van der Waals surface area (Å²) in [4.78, 5) is 2.40. The first-order chi connectivity index (χ1) is 9.30. The number of rotatable bonds is 5. The molecule has 1 saturated heterocycles. The van der Waals surface area contributed by atoms with Crippen molar-refractivity contribution in [3.05, 3.63) is 17.7 Å². The van der Waals surface area contributed by atoms with E-state index in [4.69, 9.17) is 14.2 Å². The Hall–Kier alpha value is -1.50. The van der Waals surface area contributed by atoms with Crippen molar-refractivity contribution < 1.29 is 19.7 Å². The lowest BCUT2D eigenvalue weighted by molar-refractivity contribution is 0.228. The number of ether oxygens (including phenoxy) is 3. The smallest absolute Gasteiger partial charge is 0.203 e. The Morgan fingerprint density at radius 2 is 1.65 bits per heavy atom. The molecule has 1 fully saturated rings. The van der Waals surface area contributed by atoms with Gasteiger partial charge in [0.2, 0.25) is 5.75 Å². The van der Waals surface area contributed by atoms with Gasteiger partial charge in [-0.1, -0.05) is 6.07 Å². The summed E-state index contributed by atoms with van der Waals surface area (Å²) in [5, 5.41) is 3.35. The molecule has 114 valence electrons. The van der Waals surface area contributed by atoms with Crippen LogP contribution in [0.25, 0.3) is 0 Å². The summed E-state index contributed by atoms with van der Waals surface area (Å²) in [6.07, 6.45) is 0. The lowest BCUT2D eigenvalue weighted by Gasteiger charge is -2.28. The second-order valence-electron chi connectivity index (χ2n) is 4.52. The van der Waals surface area contributed by atoms with Crippen LogP contribution in [0.2, 0.25) is 0 Å². The zero-order valence-corrected chi connectivity index (χ0v) is 12.4. The van der Waals surface area contributed by atoms with Gasteiger partial charge in [0.25, 0.3) is 0 Å². The Kier molecular flexibility index (Phi) is 6.57. The monoisotopic (exact) mass is 284 g/mol. The Morgan fingerprint density at radius 3 is 2.20 bits per heavy atom. The number of piperazine rings is 1. The van der Waals surface area contributed by atoms with Gasteiger partial charge < -0.3 is 25.0 Å². The van der Waals surface area contributed by atoms with Crippen molar-refractivity contribution in [2.75, 3.05) is 47.5 Å². The first kappa shape index (κ1) is 16.6. The van der Waals surface area contributed by atoms with E-state index in [1.807, 2.05) is 12.1 Å². The molecular weight excluding hydrogens is 260 g/mol. The third-order valence-corrected chi connectivity index (χ3v) is 3.39. The third-order valence-electron chi connectivity index (χ3n) is 3.39. The second-order valence-corrected chi connectivity index (χ2v) is 4.52. The fourth-order valence-electron chi connectivity index (χ4n) is 2.40. The van der Waals surface area contributed by atoms with Crippen LogP contribution in [0.1, 0.15) is 5.56 Å². The van der Waals surface area contributed by atoms with Crippen LogP contribution in [-0.4, -0.2) is 57.9 Å². The highest BCUT2D eigenvalue weighted by atomic mass is 16.5. The van der Waals surface area contributed by atoms with Crippen LogP contribution in [0.4, 0.5) is 0 Å². The van der Waals surface area contributed by atoms with Gasteiger partial charge >= 0.3 is 0 Å². The molecule has 0 radical (unpaired) electrons. The van der Waals surface area contributed by atoms with Crippen LogP contribution in [0, 0.1) is 0 Å². The topological polar surface area (TPSA) is 74.5 Å². The van der Waals surface area contributed by atoms with E-state index >= 15 is 0 Å². The normalized spacial score (nSPS) is 15.3. The predicted molar refractivity (Wildman–Crippen MR) is 77.9 cm³/mol. The van der Waals surface area contributed by atoms with Crippen molar-refractivity contribution >= 4 is 0 Å². The van der Waals surface area contributed by atoms with Crippen LogP contribution in [0.3, 0.4) is 0 Å². The van der Waals surface area contributed by atoms with Crippen LogP contribution >= 0.6 is 0 Å². The highest BCUT2D eigenvalue weighted by Gasteiger charge is 2.18. The average molecular weight is 284 g/mol. The summed E-state index contributed by atoms with van der Waals surface area (Å²) in [5.41, 5.74) is 1.13. The predicted octanol–water partition coefficient (Wildman–Crippen LogP) is 0.293. The Balaban J connectivity index is 0.00000200. The van der Waals surface area contributed by atoms with Crippen molar-refractivity contribution in [3.8, 4) is 17.2 Å². The Labute approximate surface area is 119 Å². The molecule has 1 aliphatic rings. The van der Waals surface area contributed by atoms with Gasteiger partial charge in [-0.15, -0.1) is 0 Å². The van der Waals surface area contributed by atoms with E-state index in [2.05, 4.69) is 10.2 Å². The van der Waals surface area contributed by atoms with E-state index in [9.17, 15) is 0 Å². The van der Waals surface area contributed by atoms with E-state index in [1.165, 1.54) is 0 Å². The first-order valence-electron chi connectivity index (χ1n) is 6.51. The van der Waals surface area contributed by atoms with Crippen molar-refractivity contribution in [1.82, 2.24) is 10.2 Å². The maximum Gasteiger partial charge on any atom is 0.203 e. The van der Waals surface area contributed by atoms with Crippen molar-refractivity contribution in [2.24, 2.45) is 0 Å². The highest BCUT2D eigenvalue weighted by molar-refractivity contribution is 5.55. The first-order valence-corrected chi connectivity index (χ1v) is 6.51. The van der Waals surface area contributed by atoms with Crippen LogP contribution in [0.15, 0.2) is 12.1 Å². The van der Waals surface area contributed by atoms with Gasteiger partial charge in [0.05, 0.1) is 21.3 Å². The van der Waals surface area contributed by atoms with Gasteiger partial charge in [-0.05, 0) is 6.07 Å². The average Bonchev–Trinajstić information content (AvgIpc) is 2.47. The van der Waals surface area contributed by atoms with Crippen LogP contribution in [-0.2, 0) is 6.54 Å². The molecule has 1 aromatic rings. The molecule has 6 heteroatoms. The third kappa shape index (κ3) is 3.53. The number of methoxy groups -OCH3 is 3. The number of hydrogen-bond donors (Lipinski definition) is 1. The zero-order valence-electron chi connectivity index (χ0n) is 12.4. The minimum absolute atomic E-state index is 0. The maximum atomic E-state index is 5.50. The molecule has 0 spiro atoms. The summed E-state index contributed by atoms with van der Waals surface area (Å²) in [6.45, 7) is 5.05. The Bertz CT molecular complexity index is 420. The van der Waals surface area contributed by atoms with Gasteiger partial charge in [0.1, 0.15) is 0 Å². The summed E-state index contributed by atoms with van der Waals surface area (Å²) in [7, 11) is 4.93. The van der Waals surface area contributed by atoms with Crippen LogP contribution < -0.4 is 19.5 Å². The van der Waals surface area contributed by atoms with Crippen molar-refractivity contribution in [2.45, 2.75) is 6.54 Å². The number of hydrogen-bond acceptors (Lipinski definition) is 5. The molecular formula is C14H24N2O4. The van der Waals surface area contributed by atoms with Gasteiger partial charge in [0.15, 0.2) is 11.5 Å². The standard InChI is InChI=1S/C14H22N2O3.H2O/c1-17-12-5-4-11(13(18-2)14(12)19-3)10-16-8-6-15-7-9-16;/h4-5,15H,6-10H2,1-3H3;1H2. The molecule has 0 amide bonds. The van der Waals surface area contributed by atoms with Gasteiger partial charge in [-0.2, -0.15) is 0 Å². The molecule has 0 aromatic heterocycles. The molecule has 0 unspecified atom stereocenters. The number of nitrogens with zero attached hydrogens (tertiary/aromatic N) is 1.